The van der Waals surface area contributed by atoms with Gasteiger partial charge < -0.3 is 14.3 Å². The van der Waals surface area contributed by atoms with E-state index in [-0.39, 0.29) is 0 Å². The molecule has 1 aromatic heterocycles. The summed E-state index contributed by atoms with van der Waals surface area (Å²) in [5, 5.41) is 10.2. The standard InChI is InChI=1S/C9H6O3/c1-11-8-4-2-3-12-9(4)6-5(8)7(6)10/h2-3,10H,1H3. The van der Waals surface area contributed by atoms with Gasteiger partial charge in [-0.3, -0.25) is 0 Å². The number of hydrogen-bond donors (Lipinski definition) is 1. The molecule has 0 fully saturated rings. The molecule has 60 valence electrons. The molecule has 2 aliphatic rings. The Balaban J connectivity index is 2.49. The van der Waals surface area contributed by atoms with Crippen LogP contribution in [0.3, 0.4) is 0 Å². The molecular formula is C9H6O3. The van der Waals surface area contributed by atoms with Crippen molar-refractivity contribution in [1.29, 1.82) is 0 Å². The molecule has 3 heteroatoms. The molecule has 0 saturated heterocycles. The Labute approximate surface area is 68.2 Å². The number of phenols is 1. The summed E-state index contributed by atoms with van der Waals surface area (Å²) in [5.74, 6) is 1.04. The second kappa shape index (κ2) is 1.58. The van der Waals surface area contributed by atoms with E-state index in [1.54, 1.807) is 13.4 Å². The predicted octanol–water partition coefficient (Wildman–Crippen LogP) is 2.13. The van der Waals surface area contributed by atoms with Crippen LogP contribution in [-0.4, -0.2) is 12.2 Å². The highest BCUT2D eigenvalue weighted by Crippen LogP contribution is 2.62. The van der Waals surface area contributed by atoms with Crippen molar-refractivity contribution < 1.29 is 14.3 Å². The molecule has 1 heterocycles. The summed E-state index contributed by atoms with van der Waals surface area (Å²) >= 11 is 0. The zero-order valence-electron chi connectivity index (χ0n) is 6.42. The molecule has 0 aliphatic heterocycles. The van der Waals surface area contributed by atoms with Gasteiger partial charge in [0.1, 0.15) is 17.1 Å². The third-order valence-electron chi connectivity index (χ3n) is 2.23. The number of fused-ring (bicyclic) bond motifs is 3. The third-order valence-corrected chi connectivity index (χ3v) is 2.23. The third kappa shape index (κ3) is 0.432. The van der Waals surface area contributed by atoms with E-state index < -0.39 is 0 Å². The van der Waals surface area contributed by atoms with Crippen molar-refractivity contribution in [1.82, 2.24) is 0 Å². The van der Waals surface area contributed by atoms with E-state index >= 15 is 0 Å². The van der Waals surface area contributed by atoms with Gasteiger partial charge in [-0.2, -0.15) is 0 Å². The molecule has 1 N–H and O–H groups in total. The Morgan fingerprint density at radius 3 is 3.00 bits per heavy atom. The van der Waals surface area contributed by atoms with Gasteiger partial charge in [0.25, 0.3) is 0 Å². The number of rotatable bonds is 1. The molecule has 0 bridgehead atoms. The molecule has 3 rings (SSSR count). The summed E-state index contributed by atoms with van der Waals surface area (Å²) in [6, 6.07) is 1.84. The minimum atomic E-state index is 0.314. The van der Waals surface area contributed by atoms with Gasteiger partial charge in [0, 0.05) is 0 Å². The van der Waals surface area contributed by atoms with Crippen molar-refractivity contribution in [2.75, 3.05) is 7.11 Å². The molecule has 0 radical (unpaired) electrons. The largest absolute Gasteiger partial charge is 0.506 e. The Bertz CT molecular complexity index is 482. The number of aromatic hydroxyl groups is 1. The van der Waals surface area contributed by atoms with Crippen LogP contribution in [0.25, 0.3) is 22.1 Å². The van der Waals surface area contributed by atoms with Gasteiger partial charge in [-0.1, -0.05) is 0 Å². The maximum atomic E-state index is 9.29. The fourth-order valence-corrected chi connectivity index (χ4v) is 1.65. The molecule has 2 aliphatic carbocycles. The topological polar surface area (TPSA) is 42.6 Å². The van der Waals surface area contributed by atoms with Crippen molar-refractivity contribution in [2.45, 2.75) is 0 Å². The lowest BCUT2D eigenvalue weighted by Gasteiger charge is -1.92. The van der Waals surface area contributed by atoms with Crippen molar-refractivity contribution in [2.24, 2.45) is 0 Å². The highest BCUT2D eigenvalue weighted by Gasteiger charge is 2.37. The number of ether oxygens (including phenoxy) is 1. The maximum Gasteiger partial charge on any atom is 0.149 e. The summed E-state index contributed by atoms with van der Waals surface area (Å²) < 4.78 is 10.3. The molecule has 0 saturated carbocycles. The van der Waals surface area contributed by atoms with Crippen molar-refractivity contribution in [3.8, 4) is 22.6 Å². The van der Waals surface area contributed by atoms with Crippen LogP contribution < -0.4 is 4.74 Å². The lowest BCUT2D eigenvalue weighted by molar-refractivity contribution is 0.421. The van der Waals surface area contributed by atoms with Gasteiger partial charge in [0.2, 0.25) is 0 Å². The molecule has 0 spiro atoms. The highest BCUT2D eigenvalue weighted by atomic mass is 16.5. The Morgan fingerprint density at radius 2 is 2.25 bits per heavy atom. The van der Waals surface area contributed by atoms with Crippen LogP contribution >= 0.6 is 0 Å². The molecule has 0 unspecified atom stereocenters. The summed E-state index contributed by atoms with van der Waals surface area (Å²) in [7, 11) is 1.59. The Hall–Kier alpha value is -1.64. The van der Waals surface area contributed by atoms with Crippen LogP contribution in [0.1, 0.15) is 0 Å². The second-order valence-electron chi connectivity index (χ2n) is 2.80. The minimum absolute atomic E-state index is 0.314. The van der Waals surface area contributed by atoms with Gasteiger partial charge in [0.15, 0.2) is 0 Å². The summed E-state index contributed by atoms with van der Waals surface area (Å²) in [4.78, 5) is 0. The number of hydrogen-bond acceptors (Lipinski definition) is 3. The van der Waals surface area contributed by atoms with Crippen LogP contribution in [0.15, 0.2) is 16.7 Å². The van der Waals surface area contributed by atoms with E-state index in [9.17, 15) is 5.11 Å². The first-order chi connectivity index (χ1) is 5.84. The maximum absolute atomic E-state index is 9.29. The predicted molar refractivity (Wildman–Crippen MR) is 43.4 cm³/mol. The van der Waals surface area contributed by atoms with Gasteiger partial charge in [-0.15, -0.1) is 0 Å². The minimum Gasteiger partial charge on any atom is -0.506 e. The van der Waals surface area contributed by atoms with E-state index in [2.05, 4.69) is 0 Å². The molecule has 3 nitrogen and oxygen atoms in total. The average Bonchev–Trinajstić information content (AvgIpc) is 2.53. The number of methoxy groups -OCH3 is 1. The average molecular weight is 162 g/mol. The SMILES string of the molecule is COc1c2c(O)c-2c2occc12. The lowest BCUT2D eigenvalue weighted by atomic mass is 10.3. The van der Waals surface area contributed by atoms with E-state index in [1.165, 1.54) is 0 Å². The fourth-order valence-electron chi connectivity index (χ4n) is 1.65. The lowest BCUT2D eigenvalue weighted by Crippen LogP contribution is -1.77. The van der Waals surface area contributed by atoms with Crippen molar-refractivity contribution in [3.63, 3.8) is 0 Å². The first-order valence-electron chi connectivity index (χ1n) is 3.65. The summed E-state index contributed by atoms with van der Waals surface area (Å²) in [6.07, 6.45) is 1.60. The van der Waals surface area contributed by atoms with E-state index in [0.29, 0.717) is 5.75 Å². The van der Waals surface area contributed by atoms with Crippen LogP contribution in [0.4, 0.5) is 0 Å². The van der Waals surface area contributed by atoms with E-state index in [1.807, 2.05) is 6.07 Å². The second-order valence-corrected chi connectivity index (χ2v) is 2.80. The van der Waals surface area contributed by atoms with E-state index in [4.69, 9.17) is 9.15 Å². The highest BCUT2D eigenvalue weighted by molar-refractivity contribution is 6.18. The molecule has 12 heavy (non-hydrogen) atoms. The monoisotopic (exact) mass is 162 g/mol. The number of phenolic OH excluding ortho intramolecular Hbond substituents is 1. The van der Waals surface area contributed by atoms with Crippen LogP contribution in [0.5, 0.6) is 11.5 Å². The zero-order valence-corrected chi connectivity index (χ0v) is 6.42. The van der Waals surface area contributed by atoms with Crippen LogP contribution in [-0.2, 0) is 0 Å². The fraction of sp³-hybridized carbons (Fsp3) is 0.111. The quantitative estimate of drug-likeness (QED) is 0.596. The summed E-state index contributed by atoms with van der Waals surface area (Å²) in [6.45, 7) is 0. The number of furan rings is 1. The molecule has 0 atom stereocenters. The summed E-state index contributed by atoms with van der Waals surface area (Å²) in [5.41, 5.74) is 2.36. The molecule has 0 amide bonds. The van der Waals surface area contributed by atoms with Gasteiger partial charge in [-0.05, 0) is 6.07 Å². The van der Waals surface area contributed by atoms with Gasteiger partial charge in [-0.25, -0.2) is 0 Å². The van der Waals surface area contributed by atoms with Crippen molar-refractivity contribution >= 4 is 11.0 Å². The Kier molecular flexibility index (Phi) is 0.781. The van der Waals surface area contributed by atoms with Crippen molar-refractivity contribution in [3.05, 3.63) is 12.3 Å². The normalized spacial score (nSPS) is 12.1. The number of benzene rings is 1. The first kappa shape index (κ1) is 5.94. The van der Waals surface area contributed by atoms with E-state index in [0.717, 1.165) is 27.8 Å². The van der Waals surface area contributed by atoms with Crippen LogP contribution in [0, 0.1) is 0 Å². The Morgan fingerprint density at radius 1 is 1.42 bits per heavy atom. The molecule has 0 aromatic carbocycles. The zero-order chi connectivity index (χ0) is 8.29. The van der Waals surface area contributed by atoms with Gasteiger partial charge in [0.05, 0.1) is 29.9 Å². The van der Waals surface area contributed by atoms with Crippen LogP contribution in [0.2, 0.25) is 0 Å². The first-order valence-corrected chi connectivity index (χ1v) is 3.65. The molecular weight excluding hydrogens is 156 g/mol. The van der Waals surface area contributed by atoms with Gasteiger partial charge >= 0.3 is 0 Å². The smallest absolute Gasteiger partial charge is 0.149 e. The molecule has 1 aromatic rings.